The van der Waals surface area contributed by atoms with Crippen molar-refractivity contribution in [2.24, 2.45) is 0 Å². The second kappa shape index (κ2) is 8.45. The molecule has 1 aliphatic rings. The summed E-state index contributed by atoms with van der Waals surface area (Å²) in [4.78, 5) is 18.8. The zero-order chi connectivity index (χ0) is 17.6. The molecule has 1 fully saturated rings. The molecule has 1 unspecified atom stereocenters. The second-order valence-corrected chi connectivity index (χ2v) is 6.96. The predicted octanol–water partition coefficient (Wildman–Crippen LogP) is 4.02. The van der Waals surface area contributed by atoms with Crippen LogP contribution in [0.3, 0.4) is 0 Å². The first-order valence-corrected chi connectivity index (χ1v) is 9.33. The number of nitrogens with one attached hydrogen (secondary N) is 1. The third-order valence-corrected chi connectivity index (χ3v) is 4.75. The van der Waals surface area contributed by atoms with E-state index in [0.29, 0.717) is 19.0 Å². The number of aromatic nitrogens is 1. The highest BCUT2D eigenvalue weighted by Crippen LogP contribution is 2.32. The number of pyridine rings is 1. The zero-order valence-corrected chi connectivity index (χ0v) is 15.8. The Labute approximate surface area is 156 Å². The van der Waals surface area contributed by atoms with Crippen LogP contribution in [0.1, 0.15) is 31.4 Å². The van der Waals surface area contributed by atoms with E-state index in [0.717, 1.165) is 29.6 Å². The first-order chi connectivity index (χ1) is 12.2. The highest BCUT2D eigenvalue weighted by Gasteiger charge is 2.27. The molecule has 1 atom stereocenters. The molecule has 0 saturated carbocycles. The number of amides is 1. The Balaban J connectivity index is 1.61. The zero-order valence-electron chi connectivity index (χ0n) is 14.2. The Morgan fingerprint density at radius 2 is 2.12 bits per heavy atom. The van der Waals surface area contributed by atoms with Crippen LogP contribution in [0.15, 0.2) is 47.1 Å². The van der Waals surface area contributed by atoms with Gasteiger partial charge in [0.2, 0.25) is 5.91 Å². The summed E-state index contributed by atoms with van der Waals surface area (Å²) in [5.41, 5.74) is 1.23. The molecule has 3 rings (SSSR count). The molecule has 0 radical (unpaired) electrons. The molecule has 2 aromatic rings. The summed E-state index contributed by atoms with van der Waals surface area (Å²) >= 11 is 3.34. The molecule has 25 heavy (non-hydrogen) atoms. The summed E-state index contributed by atoms with van der Waals surface area (Å²) in [7, 11) is 0. The van der Waals surface area contributed by atoms with Gasteiger partial charge in [-0.25, -0.2) is 4.98 Å². The third kappa shape index (κ3) is 4.80. The van der Waals surface area contributed by atoms with Gasteiger partial charge in [-0.2, -0.15) is 0 Å². The topological polar surface area (TPSA) is 54.5 Å². The lowest BCUT2D eigenvalue weighted by atomic mass is 10.0. The van der Waals surface area contributed by atoms with E-state index in [2.05, 4.69) is 43.3 Å². The smallest absolute Gasteiger partial charge is 0.239 e. The monoisotopic (exact) mass is 403 g/mol. The van der Waals surface area contributed by atoms with E-state index in [1.54, 1.807) is 12.3 Å². The maximum atomic E-state index is 12.3. The molecule has 0 bridgehead atoms. The van der Waals surface area contributed by atoms with Gasteiger partial charge < -0.3 is 10.1 Å². The van der Waals surface area contributed by atoms with E-state index in [1.807, 2.05) is 25.1 Å². The molecule has 1 aromatic heterocycles. The lowest BCUT2D eigenvalue weighted by Gasteiger charge is -2.24. The molecule has 0 aliphatic carbocycles. The Bertz CT molecular complexity index is 704. The molecule has 1 aromatic carbocycles. The number of halogens is 1. The molecule has 2 heterocycles. The minimum atomic E-state index is -0.0346. The lowest BCUT2D eigenvalue weighted by Crippen LogP contribution is -2.33. The normalized spacial score (nSPS) is 17.4. The molecule has 132 valence electrons. The summed E-state index contributed by atoms with van der Waals surface area (Å²) in [5.74, 6) is 1.42. The highest BCUT2D eigenvalue weighted by atomic mass is 79.9. The van der Waals surface area contributed by atoms with Crippen LogP contribution in [0.25, 0.3) is 0 Å². The molecule has 6 heteroatoms. The number of rotatable bonds is 6. The number of anilines is 1. The van der Waals surface area contributed by atoms with E-state index in [-0.39, 0.29) is 11.9 Å². The summed E-state index contributed by atoms with van der Waals surface area (Å²) in [6.07, 6.45) is 3.84. The van der Waals surface area contributed by atoms with Gasteiger partial charge in [-0.15, -0.1) is 0 Å². The van der Waals surface area contributed by atoms with E-state index in [9.17, 15) is 4.79 Å². The molecule has 1 N–H and O–H groups in total. The second-order valence-electron chi connectivity index (χ2n) is 6.04. The maximum absolute atomic E-state index is 12.3. The van der Waals surface area contributed by atoms with Gasteiger partial charge in [0.15, 0.2) is 0 Å². The predicted molar refractivity (Wildman–Crippen MR) is 102 cm³/mol. The molecule has 5 nitrogen and oxygen atoms in total. The van der Waals surface area contributed by atoms with Crippen molar-refractivity contribution in [3.05, 3.63) is 52.6 Å². The summed E-state index contributed by atoms with van der Waals surface area (Å²) < 4.78 is 6.39. The van der Waals surface area contributed by atoms with Crippen molar-refractivity contribution in [3.63, 3.8) is 0 Å². The molecule has 1 saturated heterocycles. The van der Waals surface area contributed by atoms with Gasteiger partial charge in [0.1, 0.15) is 11.6 Å². The van der Waals surface area contributed by atoms with E-state index >= 15 is 0 Å². The van der Waals surface area contributed by atoms with Gasteiger partial charge in [0.05, 0.1) is 13.2 Å². The van der Waals surface area contributed by atoms with Crippen LogP contribution in [0, 0.1) is 0 Å². The van der Waals surface area contributed by atoms with Crippen molar-refractivity contribution in [1.29, 1.82) is 0 Å². The number of nitrogens with zero attached hydrogens (tertiary/aromatic N) is 2. The molecular weight excluding hydrogens is 382 g/mol. The number of carbonyl (C=O) groups is 1. The van der Waals surface area contributed by atoms with Crippen molar-refractivity contribution in [2.45, 2.75) is 25.8 Å². The van der Waals surface area contributed by atoms with Gasteiger partial charge in [-0.3, -0.25) is 9.69 Å². The van der Waals surface area contributed by atoms with Crippen LogP contribution >= 0.6 is 15.9 Å². The fourth-order valence-corrected chi connectivity index (χ4v) is 3.40. The van der Waals surface area contributed by atoms with Crippen LogP contribution < -0.4 is 10.1 Å². The first-order valence-electron chi connectivity index (χ1n) is 8.54. The van der Waals surface area contributed by atoms with Crippen molar-refractivity contribution >= 4 is 27.7 Å². The lowest BCUT2D eigenvalue weighted by molar-refractivity contribution is -0.117. The van der Waals surface area contributed by atoms with Crippen LogP contribution in [0.2, 0.25) is 0 Å². The maximum Gasteiger partial charge on any atom is 0.239 e. The van der Waals surface area contributed by atoms with Crippen LogP contribution in [0.4, 0.5) is 5.82 Å². The van der Waals surface area contributed by atoms with Crippen LogP contribution in [0.5, 0.6) is 5.75 Å². The number of ether oxygens (including phenoxy) is 1. The largest absolute Gasteiger partial charge is 0.494 e. The summed E-state index contributed by atoms with van der Waals surface area (Å²) in [5, 5.41) is 2.86. The fourth-order valence-electron chi connectivity index (χ4n) is 3.16. The molecule has 1 amide bonds. The SMILES string of the molecule is CCOc1ccc(C2CCCN2CC(=O)Nc2ccc(Br)cn2)cc1. The Kier molecular flexibility index (Phi) is 6.04. The number of benzene rings is 1. The van der Waals surface area contributed by atoms with Crippen molar-refractivity contribution in [2.75, 3.05) is 25.0 Å². The van der Waals surface area contributed by atoms with Crippen molar-refractivity contribution in [1.82, 2.24) is 9.88 Å². The minimum absolute atomic E-state index is 0.0346. The Morgan fingerprint density at radius 1 is 1.32 bits per heavy atom. The van der Waals surface area contributed by atoms with Gasteiger partial charge in [-0.1, -0.05) is 12.1 Å². The fraction of sp³-hybridized carbons (Fsp3) is 0.368. The molecule has 1 aliphatic heterocycles. The standard InChI is InChI=1S/C19H22BrN3O2/c1-2-25-16-8-5-14(6-9-16)17-4-3-11-23(17)13-19(24)22-18-10-7-15(20)12-21-18/h5-10,12,17H,2-4,11,13H2,1H3,(H,21,22,24). The van der Waals surface area contributed by atoms with Gasteiger partial charge in [0.25, 0.3) is 0 Å². The summed E-state index contributed by atoms with van der Waals surface area (Å²) in [6, 6.07) is 12.1. The number of hydrogen-bond donors (Lipinski definition) is 1. The van der Waals surface area contributed by atoms with E-state index < -0.39 is 0 Å². The van der Waals surface area contributed by atoms with Crippen molar-refractivity contribution in [3.8, 4) is 5.75 Å². The number of likely N-dealkylation sites (tertiary alicyclic amines) is 1. The average molecular weight is 404 g/mol. The number of carbonyl (C=O) groups excluding carboxylic acids is 1. The van der Waals surface area contributed by atoms with Crippen LogP contribution in [-0.4, -0.2) is 35.5 Å². The van der Waals surface area contributed by atoms with E-state index in [1.165, 1.54) is 5.56 Å². The van der Waals surface area contributed by atoms with Crippen LogP contribution in [-0.2, 0) is 4.79 Å². The average Bonchev–Trinajstić information content (AvgIpc) is 3.06. The molecular formula is C19H22BrN3O2. The highest BCUT2D eigenvalue weighted by molar-refractivity contribution is 9.10. The third-order valence-electron chi connectivity index (χ3n) is 4.28. The quantitative estimate of drug-likeness (QED) is 0.790. The van der Waals surface area contributed by atoms with E-state index in [4.69, 9.17) is 4.74 Å². The minimum Gasteiger partial charge on any atom is -0.494 e. The van der Waals surface area contributed by atoms with Gasteiger partial charge in [-0.05, 0) is 72.1 Å². The Morgan fingerprint density at radius 3 is 2.80 bits per heavy atom. The first kappa shape index (κ1) is 17.9. The van der Waals surface area contributed by atoms with Gasteiger partial charge in [0, 0.05) is 16.7 Å². The van der Waals surface area contributed by atoms with Crippen molar-refractivity contribution < 1.29 is 9.53 Å². The number of hydrogen-bond acceptors (Lipinski definition) is 4. The van der Waals surface area contributed by atoms with Gasteiger partial charge >= 0.3 is 0 Å². The summed E-state index contributed by atoms with van der Waals surface area (Å²) in [6.45, 7) is 3.94. The Hall–Kier alpha value is -1.92. The molecule has 0 spiro atoms.